The van der Waals surface area contributed by atoms with E-state index in [1.54, 1.807) is 0 Å². The van der Waals surface area contributed by atoms with E-state index in [-0.39, 0.29) is 12.3 Å². The monoisotopic (exact) mass is 353 g/mol. The molecule has 2 aliphatic rings. The number of anilines is 1. The van der Waals surface area contributed by atoms with E-state index in [2.05, 4.69) is 10.6 Å². The zero-order chi connectivity index (χ0) is 17.2. The number of nitrogens with zero attached hydrogens (tertiary/aromatic N) is 1. The van der Waals surface area contributed by atoms with Crippen LogP contribution in [0.4, 0.5) is 5.69 Å². The van der Waals surface area contributed by atoms with Crippen LogP contribution in [0.15, 0.2) is 24.3 Å². The summed E-state index contributed by atoms with van der Waals surface area (Å²) in [6.07, 6.45) is 0.289. The molecule has 1 aromatic carbocycles. The van der Waals surface area contributed by atoms with Crippen LogP contribution in [0.5, 0.6) is 0 Å². The number of morpholine rings is 1. The Balaban J connectivity index is 1.62. The molecule has 2 fully saturated rings. The van der Waals surface area contributed by atoms with Gasteiger partial charge in [0.15, 0.2) is 0 Å². The van der Waals surface area contributed by atoms with Gasteiger partial charge in [-0.1, -0.05) is 18.2 Å². The molecule has 0 bridgehead atoms. The van der Waals surface area contributed by atoms with Gasteiger partial charge in [0.05, 0.1) is 24.5 Å². The van der Waals surface area contributed by atoms with Gasteiger partial charge in [0, 0.05) is 25.3 Å². The molecule has 2 heterocycles. The van der Waals surface area contributed by atoms with Crippen molar-refractivity contribution in [1.82, 2.24) is 9.62 Å². The SMILES string of the molecule is Cc1ccccc1NC(=O)C1CC(S(=O)(=O)N2CCOCC2)CN1. The summed E-state index contributed by atoms with van der Waals surface area (Å²) in [5.74, 6) is -0.191. The number of carbonyl (C=O) groups is 1. The predicted molar refractivity (Wildman–Crippen MR) is 91.3 cm³/mol. The molecule has 0 aliphatic carbocycles. The van der Waals surface area contributed by atoms with Gasteiger partial charge in [-0.2, -0.15) is 4.31 Å². The van der Waals surface area contributed by atoms with Crippen molar-refractivity contribution in [1.29, 1.82) is 0 Å². The summed E-state index contributed by atoms with van der Waals surface area (Å²) < 4.78 is 32.0. The maximum absolute atomic E-state index is 12.7. The molecule has 24 heavy (non-hydrogen) atoms. The number of aryl methyl sites for hydroxylation is 1. The highest BCUT2D eigenvalue weighted by atomic mass is 32.2. The second-order valence-electron chi connectivity index (χ2n) is 6.18. The highest BCUT2D eigenvalue weighted by Gasteiger charge is 2.40. The number of amides is 1. The van der Waals surface area contributed by atoms with E-state index in [4.69, 9.17) is 4.74 Å². The number of para-hydroxylation sites is 1. The first-order valence-electron chi connectivity index (χ1n) is 8.15. The summed E-state index contributed by atoms with van der Waals surface area (Å²) >= 11 is 0. The molecule has 2 atom stereocenters. The summed E-state index contributed by atoms with van der Waals surface area (Å²) in [6, 6.07) is 7.03. The molecule has 0 spiro atoms. The lowest BCUT2D eigenvalue weighted by Gasteiger charge is -2.28. The number of carbonyl (C=O) groups excluding carboxylic acids is 1. The van der Waals surface area contributed by atoms with Gasteiger partial charge in [0.25, 0.3) is 0 Å². The topological polar surface area (TPSA) is 87.7 Å². The Bertz CT molecular complexity index is 701. The van der Waals surface area contributed by atoms with Crippen LogP contribution >= 0.6 is 0 Å². The van der Waals surface area contributed by atoms with Gasteiger partial charge < -0.3 is 15.4 Å². The standard InChI is InChI=1S/C16H23N3O4S/c1-12-4-2-3-5-14(12)18-16(20)15-10-13(11-17-15)24(21,22)19-6-8-23-9-7-19/h2-5,13,15,17H,6-11H2,1H3,(H,18,20). The van der Waals surface area contributed by atoms with Gasteiger partial charge >= 0.3 is 0 Å². The van der Waals surface area contributed by atoms with Crippen LogP contribution in [-0.4, -0.2) is 62.8 Å². The lowest BCUT2D eigenvalue weighted by Crippen LogP contribution is -2.45. The van der Waals surface area contributed by atoms with Gasteiger partial charge in [-0.3, -0.25) is 4.79 Å². The molecule has 2 unspecified atom stereocenters. The maximum Gasteiger partial charge on any atom is 0.241 e. The third-order valence-corrected chi connectivity index (χ3v) is 6.85. The molecule has 7 nitrogen and oxygen atoms in total. The summed E-state index contributed by atoms with van der Waals surface area (Å²) in [5, 5.41) is 5.35. The summed E-state index contributed by atoms with van der Waals surface area (Å²) in [6.45, 7) is 3.85. The first-order valence-corrected chi connectivity index (χ1v) is 9.65. The summed E-state index contributed by atoms with van der Waals surface area (Å²) in [5.41, 5.74) is 1.73. The number of ether oxygens (including phenoxy) is 1. The van der Waals surface area contributed by atoms with Gasteiger partial charge in [-0.15, -0.1) is 0 Å². The quantitative estimate of drug-likeness (QED) is 0.814. The third-order valence-electron chi connectivity index (χ3n) is 4.56. The van der Waals surface area contributed by atoms with Gasteiger partial charge in [-0.05, 0) is 25.0 Å². The van der Waals surface area contributed by atoms with Crippen molar-refractivity contribution in [2.45, 2.75) is 24.6 Å². The van der Waals surface area contributed by atoms with Crippen molar-refractivity contribution >= 4 is 21.6 Å². The smallest absolute Gasteiger partial charge is 0.241 e. The summed E-state index contributed by atoms with van der Waals surface area (Å²) in [4.78, 5) is 12.4. The largest absolute Gasteiger partial charge is 0.379 e. The van der Waals surface area contributed by atoms with Gasteiger partial charge in [0.2, 0.25) is 15.9 Å². The molecule has 3 rings (SSSR count). The number of benzene rings is 1. The molecule has 1 aromatic rings. The Labute approximate surface area is 142 Å². The Morgan fingerprint density at radius 3 is 2.71 bits per heavy atom. The third kappa shape index (κ3) is 3.61. The highest BCUT2D eigenvalue weighted by molar-refractivity contribution is 7.89. The van der Waals surface area contributed by atoms with Crippen LogP contribution in [-0.2, 0) is 19.6 Å². The number of hydrogen-bond donors (Lipinski definition) is 2. The average molecular weight is 353 g/mol. The van der Waals surface area contributed by atoms with E-state index in [0.29, 0.717) is 32.8 Å². The van der Waals surface area contributed by atoms with E-state index < -0.39 is 21.3 Å². The van der Waals surface area contributed by atoms with Crippen LogP contribution < -0.4 is 10.6 Å². The van der Waals surface area contributed by atoms with Crippen molar-refractivity contribution < 1.29 is 17.9 Å². The highest BCUT2D eigenvalue weighted by Crippen LogP contribution is 2.21. The molecule has 1 amide bonds. The van der Waals surface area contributed by atoms with Gasteiger partial charge in [0.1, 0.15) is 0 Å². The molecular formula is C16H23N3O4S. The molecule has 132 valence electrons. The molecule has 0 radical (unpaired) electrons. The van der Waals surface area contributed by atoms with Crippen molar-refractivity contribution in [3.63, 3.8) is 0 Å². The molecular weight excluding hydrogens is 330 g/mol. The molecule has 2 saturated heterocycles. The van der Waals surface area contributed by atoms with Crippen molar-refractivity contribution in [3.05, 3.63) is 29.8 Å². The fraction of sp³-hybridized carbons (Fsp3) is 0.562. The van der Waals surface area contributed by atoms with E-state index in [1.807, 2.05) is 31.2 Å². The molecule has 8 heteroatoms. The minimum atomic E-state index is -3.40. The van der Waals surface area contributed by atoms with Crippen molar-refractivity contribution in [2.24, 2.45) is 0 Å². The van der Waals surface area contributed by atoms with E-state index >= 15 is 0 Å². The summed E-state index contributed by atoms with van der Waals surface area (Å²) in [7, 11) is -3.40. The van der Waals surface area contributed by atoms with E-state index in [1.165, 1.54) is 4.31 Å². The first kappa shape index (κ1) is 17.3. The number of hydrogen-bond acceptors (Lipinski definition) is 5. The number of rotatable bonds is 4. The van der Waals surface area contributed by atoms with Crippen molar-refractivity contribution in [2.75, 3.05) is 38.2 Å². The van der Waals surface area contributed by atoms with E-state index in [9.17, 15) is 13.2 Å². The zero-order valence-corrected chi connectivity index (χ0v) is 14.5. The predicted octanol–water partition coefficient (Wildman–Crippen LogP) is 0.326. The minimum absolute atomic E-state index is 0.191. The average Bonchev–Trinajstić information content (AvgIpc) is 3.09. The molecule has 2 aliphatic heterocycles. The Kier molecular flexibility index (Phi) is 5.19. The normalized spacial score (nSPS) is 25.5. The van der Waals surface area contributed by atoms with Crippen LogP contribution in [0, 0.1) is 6.92 Å². The second kappa shape index (κ2) is 7.18. The van der Waals surface area contributed by atoms with Crippen LogP contribution in [0.2, 0.25) is 0 Å². The van der Waals surface area contributed by atoms with Crippen molar-refractivity contribution in [3.8, 4) is 0 Å². The second-order valence-corrected chi connectivity index (χ2v) is 8.39. The van der Waals surface area contributed by atoms with Crippen LogP contribution in [0.25, 0.3) is 0 Å². The zero-order valence-electron chi connectivity index (χ0n) is 13.7. The maximum atomic E-state index is 12.7. The number of nitrogens with one attached hydrogen (secondary N) is 2. The Hall–Kier alpha value is -1.48. The Morgan fingerprint density at radius 1 is 1.29 bits per heavy atom. The first-order chi connectivity index (χ1) is 11.5. The lowest BCUT2D eigenvalue weighted by atomic mass is 10.1. The minimum Gasteiger partial charge on any atom is -0.379 e. The molecule has 2 N–H and O–H groups in total. The fourth-order valence-electron chi connectivity index (χ4n) is 3.07. The lowest BCUT2D eigenvalue weighted by molar-refractivity contribution is -0.117. The molecule has 0 aromatic heterocycles. The van der Waals surface area contributed by atoms with E-state index in [0.717, 1.165) is 11.3 Å². The number of sulfonamides is 1. The van der Waals surface area contributed by atoms with Gasteiger partial charge in [-0.25, -0.2) is 8.42 Å². The van der Waals surface area contributed by atoms with Crippen LogP contribution in [0.3, 0.4) is 0 Å². The molecule has 0 saturated carbocycles. The van der Waals surface area contributed by atoms with Crippen LogP contribution in [0.1, 0.15) is 12.0 Å². The fourth-order valence-corrected chi connectivity index (χ4v) is 4.90. The Morgan fingerprint density at radius 2 is 2.00 bits per heavy atom.